The van der Waals surface area contributed by atoms with Crippen molar-refractivity contribution in [3.8, 4) is 11.3 Å². The van der Waals surface area contributed by atoms with Crippen molar-refractivity contribution in [2.45, 2.75) is 5.92 Å². The number of nitrogens with one attached hydrogen (secondary N) is 1. The Balaban J connectivity index is 2.06. The van der Waals surface area contributed by atoms with Crippen molar-refractivity contribution < 1.29 is 4.92 Å². The lowest BCUT2D eigenvalue weighted by Gasteiger charge is -2.16. The molecular formula is C23H17N3O2S. The summed E-state index contributed by atoms with van der Waals surface area (Å²) in [6.45, 7) is -0.211. The molecule has 29 heavy (non-hydrogen) atoms. The highest BCUT2D eigenvalue weighted by Crippen LogP contribution is 2.41. The quantitative estimate of drug-likeness (QED) is 0.188. The molecule has 0 amide bonds. The summed E-state index contributed by atoms with van der Waals surface area (Å²) >= 11 is 4.80. The van der Waals surface area contributed by atoms with E-state index in [9.17, 15) is 10.1 Å². The average Bonchev–Trinajstić information content (AvgIpc) is 3.14. The Morgan fingerprint density at radius 1 is 1.00 bits per heavy atom. The molecule has 0 saturated carbocycles. The third kappa shape index (κ3) is 3.72. The van der Waals surface area contributed by atoms with Gasteiger partial charge in [-0.15, -0.1) is 0 Å². The molecule has 0 aliphatic rings. The SMILES string of the molecule is O=[N+]([O-])CC(c1ccccc1)c1c(-c2ccccc2)[nH]c2c(N=C=S)cccc12. The van der Waals surface area contributed by atoms with Gasteiger partial charge in [0.15, 0.2) is 0 Å². The maximum Gasteiger partial charge on any atom is 0.214 e. The van der Waals surface area contributed by atoms with Gasteiger partial charge in [-0.2, -0.15) is 4.99 Å². The molecule has 0 aliphatic carbocycles. The first-order valence-electron chi connectivity index (χ1n) is 9.13. The molecule has 4 aromatic rings. The van der Waals surface area contributed by atoms with Gasteiger partial charge >= 0.3 is 0 Å². The first kappa shape index (κ1) is 18.7. The summed E-state index contributed by atoms with van der Waals surface area (Å²) in [5.41, 5.74) is 5.04. The van der Waals surface area contributed by atoms with Gasteiger partial charge in [0.1, 0.15) is 0 Å². The second kappa shape index (κ2) is 8.19. The van der Waals surface area contributed by atoms with E-state index in [1.807, 2.05) is 78.9 Å². The Bertz CT molecular complexity index is 1210. The van der Waals surface area contributed by atoms with Gasteiger partial charge in [0, 0.05) is 10.3 Å². The van der Waals surface area contributed by atoms with Crippen molar-refractivity contribution in [2.24, 2.45) is 4.99 Å². The number of thiocarbonyl (C=S) groups is 1. The molecule has 1 unspecified atom stereocenters. The van der Waals surface area contributed by atoms with E-state index >= 15 is 0 Å². The van der Waals surface area contributed by atoms with Crippen molar-refractivity contribution in [1.82, 2.24) is 4.98 Å². The van der Waals surface area contributed by atoms with Crippen LogP contribution in [0.3, 0.4) is 0 Å². The van der Waals surface area contributed by atoms with Gasteiger partial charge in [-0.3, -0.25) is 10.1 Å². The third-order valence-corrected chi connectivity index (χ3v) is 5.05. The monoisotopic (exact) mass is 399 g/mol. The molecule has 0 radical (unpaired) electrons. The molecule has 3 aromatic carbocycles. The summed E-state index contributed by atoms with van der Waals surface area (Å²) in [6.07, 6.45) is 0. The molecule has 0 bridgehead atoms. The number of fused-ring (bicyclic) bond motifs is 1. The number of aromatic amines is 1. The number of hydrogen-bond donors (Lipinski definition) is 1. The van der Waals surface area contributed by atoms with E-state index < -0.39 is 5.92 Å². The largest absolute Gasteiger partial charge is 0.352 e. The predicted molar refractivity (Wildman–Crippen MR) is 119 cm³/mol. The number of rotatable bonds is 6. The first-order valence-corrected chi connectivity index (χ1v) is 9.54. The van der Waals surface area contributed by atoms with E-state index in [1.54, 1.807) is 0 Å². The number of nitro groups is 1. The number of aliphatic imine (C=N–C) groups is 1. The third-order valence-electron chi connectivity index (χ3n) is 4.96. The van der Waals surface area contributed by atoms with Crippen LogP contribution in [0.15, 0.2) is 83.9 Å². The summed E-state index contributed by atoms with van der Waals surface area (Å²) in [5, 5.41) is 14.9. The highest BCUT2D eigenvalue weighted by molar-refractivity contribution is 7.78. The molecular weight excluding hydrogens is 382 g/mol. The highest BCUT2D eigenvalue weighted by Gasteiger charge is 2.28. The molecule has 142 valence electrons. The number of nitrogens with zero attached hydrogens (tertiary/aromatic N) is 2. The van der Waals surface area contributed by atoms with Crippen LogP contribution in [-0.4, -0.2) is 21.6 Å². The Kier molecular flexibility index (Phi) is 5.29. The van der Waals surface area contributed by atoms with Gasteiger partial charge in [0.25, 0.3) is 0 Å². The fourth-order valence-electron chi connectivity index (χ4n) is 3.76. The summed E-state index contributed by atoms with van der Waals surface area (Å²) in [6, 6.07) is 25.1. The van der Waals surface area contributed by atoms with Gasteiger partial charge in [0.2, 0.25) is 6.54 Å². The summed E-state index contributed by atoms with van der Waals surface area (Å²) in [4.78, 5) is 19.0. The number of aromatic nitrogens is 1. The summed E-state index contributed by atoms with van der Waals surface area (Å²) in [7, 11) is 0. The minimum Gasteiger partial charge on any atom is -0.352 e. The molecule has 1 aromatic heterocycles. The Hall–Kier alpha value is -3.60. The van der Waals surface area contributed by atoms with Crippen LogP contribution in [0.5, 0.6) is 0 Å². The van der Waals surface area contributed by atoms with E-state index in [4.69, 9.17) is 12.2 Å². The van der Waals surface area contributed by atoms with Crippen LogP contribution >= 0.6 is 12.2 Å². The molecule has 1 N–H and O–H groups in total. The van der Waals surface area contributed by atoms with Gasteiger partial charge in [-0.25, -0.2) is 0 Å². The fourth-order valence-corrected chi connectivity index (χ4v) is 3.86. The molecule has 6 heteroatoms. The maximum atomic E-state index is 11.6. The lowest BCUT2D eigenvalue weighted by atomic mass is 9.87. The van der Waals surface area contributed by atoms with Crippen molar-refractivity contribution >= 4 is 34.0 Å². The second-order valence-corrected chi connectivity index (χ2v) is 6.84. The molecule has 0 spiro atoms. The molecule has 0 aliphatic heterocycles. The van der Waals surface area contributed by atoms with Crippen LogP contribution in [-0.2, 0) is 0 Å². The lowest BCUT2D eigenvalue weighted by Crippen LogP contribution is -2.14. The predicted octanol–water partition coefficient (Wildman–Crippen LogP) is 5.98. The van der Waals surface area contributed by atoms with Crippen LogP contribution in [0, 0.1) is 10.1 Å². The maximum absolute atomic E-state index is 11.6. The molecule has 4 rings (SSSR count). The average molecular weight is 399 g/mol. The molecule has 0 fully saturated rings. The number of hydrogen-bond acceptors (Lipinski definition) is 4. The normalized spacial score (nSPS) is 11.7. The molecule has 1 atom stereocenters. The van der Waals surface area contributed by atoms with Gasteiger partial charge < -0.3 is 4.98 Å². The zero-order chi connectivity index (χ0) is 20.2. The Labute approximate surface area is 172 Å². The topological polar surface area (TPSA) is 71.3 Å². The number of isothiocyanates is 1. The number of H-pyrrole nitrogens is 1. The van der Waals surface area contributed by atoms with Crippen molar-refractivity contribution in [3.63, 3.8) is 0 Å². The van der Waals surface area contributed by atoms with E-state index in [0.717, 1.165) is 33.3 Å². The molecule has 5 nitrogen and oxygen atoms in total. The van der Waals surface area contributed by atoms with Crippen LogP contribution in [0.2, 0.25) is 0 Å². The zero-order valence-electron chi connectivity index (χ0n) is 15.4. The second-order valence-electron chi connectivity index (χ2n) is 6.66. The van der Waals surface area contributed by atoms with Crippen molar-refractivity contribution in [2.75, 3.05) is 6.54 Å². The molecule has 1 heterocycles. The van der Waals surface area contributed by atoms with Gasteiger partial charge in [-0.1, -0.05) is 72.8 Å². The van der Waals surface area contributed by atoms with Crippen LogP contribution in [0.25, 0.3) is 22.2 Å². The Morgan fingerprint density at radius 2 is 1.69 bits per heavy atom. The lowest BCUT2D eigenvalue weighted by molar-refractivity contribution is -0.481. The first-order chi connectivity index (χ1) is 14.2. The van der Waals surface area contributed by atoms with Gasteiger partial charge in [0.05, 0.1) is 28.0 Å². The number of para-hydroxylation sites is 1. The van der Waals surface area contributed by atoms with Crippen LogP contribution < -0.4 is 0 Å². The minimum atomic E-state index is -0.415. The van der Waals surface area contributed by atoms with Crippen molar-refractivity contribution in [1.29, 1.82) is 0 Å². The van der Waals surface area contributed by atoms with E-state index in [1.165, 1.54) is 0 Å². The van der Waals surface area contributed by atoms with E-state index in [2.05, 4.69) is 15.1 Å². The Morgan fingerprint density at radius 3 is 2.34 bits per heavy atom. The summed E-state index contributed by atoms with van der Waals surface area (Å²) in [5.74, 6) is -0.415. The van der Waals surface area contributed by atoms with Crippen LogP contribution in [0.4, 0.5) is 5.69 Å². The van der Waals surface area contributed by atoms with Crippen molar-refractivity contribution in [3.05, 3.63) is 100 Å². The van der Waals surface area contributed by atoms with E-state index in [-0.39, 0.29) is 11.5 Å². The standard InChI is InChI=1S/C23H17N3O2S/c27-26(28)14-19(16-8-3-1-4-9-16)21-18-12-7-13-20(24-15-29)23(18)25-22(21)17-10-5-2-6-11-17/h1-13,19,25H,14H2. The zero-order valence-corrected chi connectivity index (χ0v) is 16.2. The van der Waals surface area contributed by atoms with Crippen LogP contribution in [0.1, 0.15) is 17.0 Å². The van der Waals surface area contributed by atoms with E-state index in [0.29, 0.717) is 5.69 Å². The fraction of sp³-hybridized carbons (Fsp3) is 0.0870. The minimum absolute atomic E-state index is 0.211. The smallest absolute Gasteiger partial charge is 0.214 e. The van der Waals surface area contributed by atoms with Gasteiger partial charge in [-0.05, 0) is 35.0 Å². The highest BCUT2D eigenvalue weighted by atomic mass is 32.1. The summed E-state index contributed by atoms with van der Waals surface area (Å²) < 4.78 is 0. The molecule has 0 saturated heterocycles. The number of benzene rings is 3.